The molecule has 0 aromatic carbocycles. The van der Waals surface area contributed by atoms with Gasteiger partial charge in [-0.25, -0.2) is 9.67 Å². The van der Waals surface area contributed by atoms with Crippen molar-refractivity contribution in [1.29, 1.82) is 0 Å². The average molecular weight is 314 g/mol. The molecule has 2 unspecified atom stereocenters. The van der Waals surface area contributed by atoms with Crippen LogP contribution >= 0.6 is 0 Å². The fourth-order valence-corrected chi connectivity index (χ4v) is 3.01. The summed E-state index contributed by atoms with van der Waals surface area (Å²) in [6, 6.07) is 7.17. The van der Waals surface area contributed by atoms with Crippen LogP contribution in [0.4, 0.5) is 0 Å². The topological polar surface area (TPSA) is 69.0 Å². The first kappa shape index (κ1) is 15.7. The third kappa shape index (κ3) is 3.59. The summed E-state index contributed by atoms with van der Waals surface area (Å²) in [5.41, 5.74) is 0.401. The van der Waals surface area contributed by atoms with E-state index in [1.807, 2.05) is 18.2 Å². The van der Waals surface area contributed by atoms with Gasteiger partial charge >= 0.3 is 0 Å². The van der Waals surface area contributed by atoms with Crippen molar-refractivity contribution in [1.82, 2.24) is 20.1 Å². The van der Waals surface area contributed by atoms with E-state index < -0.39 is 0 Å². The molecule has 0 bridgehead atoms. The average Bonchev–Trinajstić information content (AvgIpc) is 3.24. The number of pyridine rings is 1. The lowest BCUT2D eigenvalue weighted by Gasteiger charge is -2.22. The number of rotatable bonds is 5. The van der Waals surface area contributed by atoms with Gasteiger partial charge in [0.25, 0.3) is 5.91 Å². The standard InChI is InChI=1S/C17H22N4O2/c1-12(2)16-13(7-10-23-16)11-18-17(22)14-5-3-6-15(20-14)21-9-4-8-19-21/h3-6,8-9,12-13,16H,7,10-11H2,1-2H3,(H,18,22). The van der Waals surface area contributed by atoms with Gasteiger partial charge in [0.1, 0.15) is 5.69 Å². The number of hydrogen-bond acceptors (Lipinski definition) is 4. The van der Waals surface area contributed by atoms with Crippen molar-refractivity contribution >= 4 is 5.91 Å². The number of aromatic nitrogens is 3. The highest BCUT2D eigenvalue weighted by molar-refractivity contribution is 5.92. The molecule has 3 heterocycles. The molecule has 6 heteroatoms. The summed E-state index contributed by atoms with van der Waals surface area (Å²) in [6.07, 6.45) is 4.69. The SMILES string of the molecule is CC(C)C1OCCC1CNC(=O)c1cccc(-n2cccn2)n1. The van der Waals surface area contributed by atoms with Crippen LogP contribution in [0.2, 0.25) is 0 Å². The lowest BCUT2D eigenvalue weighted by molar-refractivity contribution is 0.0533. The van der Waals surface area contributed by atoms with Crippen molar-refractivity contribution < 1.29 is 9.53 Å². The number of amides is 1. The van der Waals surface area contributed by atoms with Crippen LogP contribution in [-0.2, 0) is 4.74 Å². The second kappa shape index (κ2) is 6.91. The Balaban J connectivity index is 1.64. The molecule has 6 nitrogen and oxygen atoms in total. The van der Waals surface area contributed by atoms with Gasteiger partial charge in [0.15, 0.2) is 5.82 Å². The Hall–Kier alpha value is -2.21. The first-order chi connectivity index (χ1) is 11.1. The molecule has 3 rings (SSSR count). The third-order valence-electron chi connectivity index (χ3n) is 4.15. The van der Waals surface area contributed by atoms with E-state index >= 15 is 0 Å². The largest absolute Gasteiger partial charge is 0.378 e. The van der Waals surface area contributed by atoms with Crippen LogP contribution in [0.15, 0.2) is 36.7 Å². The zero-order valence-corrected chi connectivity index (χ0v) is 13.5. The number of carbonyl (C=O) groups is 1. The van der Waals surface area contributed by atoms with Crippen molar-refractivity contribution in [2.75, 3.05) is 13.2 Å². The summed E-state index contributed by atoms with van der Waals surface area (Å²) in [6.45, 7) is 5.70. The first-order valence-corrected chi connectivity index (χ1v) is 8.02. The summed E-state index contributed by atoms with van der Waals surface area (Å²) < 4.78 is 7.39. The Morgan fingerprint density at radius 2 is 2.30 bits per heavy atom. The third-order valence-corrected chi connectivity index (χ3v) is 4.15. The minimum absolute atomic E-state index is 0.159. The van der Waals surface area contributed by atoms with Crippen molar-refractivity contribution in [3.8, 4) is 5.82 Å². The molecule has 0 saturated carbocycles. The van der Waals surface area contributed by atoms with Gasteiger partial charge in [0.05, 0.1) is 6.10 Å². The van der Waals surface area contributed by atoms with E-state index in [0.717, 1.165) is 13.0 Å². The summed E-state index contributed by atoms with van der Waals surface area (Å²) in [7, 11) is 0. The quantitative estimate of drug-likeness (QED) is 0.917. The molecule has 2 aromatic rings. The van der Waals surface area contributed by atoms with Crippen LogP contribution in [0, 0.1) is 11.8 Å². The van der Waals surface area contributed by atoms with E-state index in [1.165, 1.54) is 0 Å². The van der Waals surface area contributed by atoms with Crippen LogP contribution < -0.4 is 5.32 Å². The number of ether oxygens (including phenoxy) is 1. The molecule has 0 spiro atoms. The smallest absolute Gasteiger partial charge is 0.269 e. The number of carbonyl (C=O) groups excluding carboxylic acids is 1. The van der Waals surface area contributed by atoms with Crippen molar-refractivity contribution in [3.05, 3.63) is 42.4 Å². The molecule has 1 saturated heterocycles. The molecule has 1 amide bonds. The minimum atomic E-state index is -0.159. The molecule has 1 fully saturated rings. The highest BCUT2D eigenvalue weighted by Gasteiger charge is 2.30. The van der Waals surface area contributed by atoms with Gasteiger partial charge in [-0.1, -0.05) is 19.9 Å². The molecule has 0 aliphatic carbocycles. The number of nitrogens with one attached hydrogen (secondary N) is 1. The molecule has 1 aliphatic rings. The molecule has 0 radical (unpaired) electrons. The summed E-state index contributed by atoms with van der Waals surface area (Å²) in [5, 5.41) is 7.12. The highest BCUT2D eigenvalue weighted by atomic mass is 16.5. The van der Waals surface area contributed by atoms with Gasteiger partial charge in [0.2, 0.25) is 0 Å². The van der Waals surface area contributed by atoms with Gasteiger partial charge in [-0.3, -0.25) is 4.79 Å². The van der Waals surface area contributed by atoms with Crippen molar-refractivity contribution in [2.45, 2.75) is 26.4 Å². The lowest BCUT2D eigenvalue weighted by Crippen LogP contribution is -2.35. The molecule has 1 aliphatic heterocycles. The lowest BCUT2D eigenvalue weighted by atomic mass is 9.93. The fraction of sp³-hybridized carbons (Fsp3) is 0.471. The van der Waals surface area contributed by atoms with Crippen LogP contribution in [-0.4, -0.2) is 39.9 Å². The molecule has 23 heavy (non-hydrogen) atoms. The Bertz CT molecular complexity index is 654. The number of hydrogen-bond donors (Lipinski definition) is 1. The summed E-state index contributed by atoms with van der Waals surface area (Å²) in [4.78, 5) is 16.7. The molecule has 1 N–H and O–H groups in total. The zero-order chi connectivity index (χ0) is 16.2. The van der Waals surface area contributed by atoms with Gasteiger partial charge in [0, 0.05) is 31.5 Å². The Morgan fingerprint density at radius 1 is 1.43 bits per heavy atom. The highest BCUT2D eigenvalue weighted by Crippen LogP contribution is 2.26. The van der Waals surface area contributed by atoms with E-state index in [0.29, 0.717) is 29.9 Å². The molecule has 2 atom stereocenters. The normalized spacial score (nSPS) is 20.8. The van der Waals surface area contributed by atoms with Crippen LogP contribution in [0.3, 0.4) is 0 Å². The Morgan fingerprint density at radius 3 is 3.04 bits per heavy atom. The Labute approximate surface area is 135 Å². The van der Waals surface area contributed by atoms with Crippen LogP contribution in [0.1, 0.15) is 30.8 Å². The van der Waals surface area contributed by atoms with E-state index in [2.05, 4.69) is 29.2 Å². The van der Waals surface area contributed by atoms with Crippen LogP contribution in [0.25, 0.3) is 5.82 Å². The maximum absolute atomic E-state index is 12.4. The molecule has 2 aromatic heterocycles. The second-order valence-electron chi connectivity index (χ2n) is 6.17. The van der Waals surface area contributed by atoms with E-state index in [9.17, 15) is 4.79 Å². The summed E-state index contributed by atoms with van der Waals surface area (Å²) >= 11 is 0. The van der Waals surface area contributed by atoms with E-state index in [-0.39, 0.29) is 12.0 Å². The van der Waals surface area contributed by atoms with E-state index in [4.69, 9.17) is 4.74 Å². The monoisotopic (exact) mass is 314 g/mol. The maximum Gasteiger partial charge on any atom is 0.269 e. The fourth-order valence-electron chi connectivity index (χ4n) is 3.01. The van der Waals surface area contributed by atoms with Crippen molar-refractivity contribution in [2.24, 2.45) is 11.8 Å². The van der Waals surface area contributed by atoms with Gasteiger partial charge in [-0.15, -0.1) is 0 Å². The van der Waals surface area contributed by atoms with Crippen molar-refractivity contribution in [3.63, 3.8) is 0 Å². The minimum Gasteiger partial charge on any atom is -0.378 e. The zero-order valence-electron chi connectivity index (χ0n) is 13.5. The maximum atomic E-state index is 12.4. The van der Waals surface area contributed by atoms with Gasteiger partial charge in [-0.2, -0.15) is 5.10 Å². The summed E-state index contributed by atoms with van der Waals surface area (Å²) in [5.74, 6) is 1.30. The van der Waals surface area contributed by atoms with Gasteiger partial charge < -0.3 is 10.1 Å². The van der Waals surface area contributed by atoms with Crippen LogP contribution in [0.5, 0.6) is 0 Å². The predicted octanol–water partition coefficient (Wildman–Crippen LogP) is 2.06. The molecular weight excluding hydrogens is 292 g/mol. The van der Waals surface area contributed by atoms with Gasteiger partial charge in [-0.05, 0) is 30.5 Å². The first-order valence-electron chi connectivity index (χ1n) is 8.02. The molecule has 122 valence electrons. The predicted molar refractivity (Wildman–Crippen MR) is 86.4 cm³/mol. The second-order valence-corrected chi connectivity index (χ2v) is 6.17. The Kier molecular flexibility index (Phi) is 4.71. The molecular formula is C17H22N4O2. The van der Waals surface area contributed by atoms with E-state index in [1.54, 1.807) is 23.1 Å². The number of nitrogens with zero attached hydrogens (tertiary/aromatic N) is 3.